The molecule has 162 valence electrons. The molecule has 0 spiro atoms. The Labute approximate surface area is 178 Å². The highest BCUT2D eigenvalue weighted by atomic mass is 28.4. The van der Waals surface area contributed by atoms with Crippen molar-refractivity contribution >= 4 is 29.9 Å². The zero-order valence-corrected chi connectivity index (χ0v) is 23.9. The lowest BCUT2D eigenvalue weighted by Gasteiger charge is -2.57. The Morgan fingerprint density at radius 3 is 1.57 bits per heavy atom. The van der Waals surface area contributed by atoms with E-state index >= 15 is 0 Å². The highest BCUT2D eigenvalue weighted by molar-refractivity contribution is 6.89. The van der Waals surface area contributed by atoms with E-state index in [0.717, 1.165) is 6.42 Å². The van der Waals surface area contributed by atoms with Crippen LogP contribution in [0.15, 0.2) is 30.3 Å². The fourth-order valence-electron chi connectivity index (χ4n) is 4.03. The van der Waals surface area contributed by atoms with E-state index < -0.39 is 24.7 Å². The van der Waals surface area contributed by atoms with Gasteiger partial charge in [-0.15, -0.1) is 0 Å². The Morgan fingerprint density at radius 2 is 1.21 bits per heavy atom. The van der Waals surface area contributed by atoms with Gasteiger partial charge in [0.05, 0.1) is 18.9 Å². The first-order valence-corrected chi connectivity index (χ1v) is 20.1. The van der Waals surface area contributed by atoms with Gasteiger partial charge in [-0.1, -0.05) is 70.7 Å². The Kier molecular flexibility index (Phi) is 7.51. The summed E-state index contributed by atoms with van der Waals surface area (Å²) in [6, 6.07) is 10.9. The highest BCUT2D eigenvalue weighted by Gasteiger charge is 2.57. The van der Waals surface area contributed by atoms with Gasteiger partial charge < -0.3 is 8.85 Å². The van der Waals surface area contributed by atoms with Crippen LogP contribution in [0.3, 0.4) is 0 Å². The molecule has 0 saturated heterocycles. The molecular formula is C23H46O2Si3. The second-order valence-corrected chi connectivity index (χ2v) is 25.9. The molecular weight excluding hydrogens is 393 g/mol. The lowest BCUT2D eigenvalue weighted by Crippen LogP contribution is -2.71. The molecule has 5 heteroatoms. The lowest BCUT2D eigenvalue weighted by molar-refractivity contribution is 0.0126. The maximum atomic E-state index is 7.43. The molecule has 0 aliphatic carbocycles. The molecule has 1 aromatic rings. The molecule has 0 aliphatic heterocycles. The topological polar surface area (TPSA) is 18.5 Å². The second-order valence-electron chi connectivity index (χ2n) is 11.7. The average Bonchev–Trinajstić information content (AvgIpc) is 2.51. The van der Waals surface area contributed by atoms with Crippen LogP contribution in [0, 0.1) is 0 Å². The predicted octanol–water partition coefficient (Wildman–Crippen LogP) is 6.94. The van der Waals surface area contributed by atoms with Crippen LogP contribution >= 0.6 is 0 Å². The Balaban J connectivity index is 3.62. The zero-order valence-electron chi connectivity index (χ0n) is 20.9. The molecule has 1 aromatic carbocycles. The molecule has 2 unspecified atom stereocenters. The summed E-state index contributed by atoms with van der Waals surface area (Å²) in [5.41, 5.74) is -0.200. The van der Waals surface area contributed by atoms with E-state index in [4.69, 9.17) is 8.85 Å². The van der Waals surface area contributed by atoms with Crippen LogP contribution in [0.5, 0.6) is 0 Å². The molecule has 0 aliphatic rings. The smallest absolute Gasteiger partial charge is 0.251 e. The van der Waals surface area contributed by atoms with E-state index in [0.29, 0.717) is 0 Å². The molecule has 2 nitrogen and oxygen atoms in total. The SMILES string of the molecule is CCC(C)(O[Si](C)(c1ccccc1)C(C)(C)O[Si](C)(C)C)C(C)(C)[Si](C)(C)C. The quantitative estimate of drug-likeness (QED) is 0.389. The Hall–Kier alpha value is -0.209. The fraction of sp³-hybridized carbons (Fsp3) is 0.739. The van der Waals surface area contributed by atoms with Crippen LogP contribution in [0.2, 0.25) is 50.9 Å². The van der Waals surface area contributed by atoms with E-state index in [-0.39, 0.29) is 15.9 Å². The van der Waals surface area contributed by atoms with Gasteiger partial charge in [-0.25, -0.2) is 0 Å². The van der Waals surface area contributed by atoms with Crippen LogP contribution < -0.4 is 5.19 Å². The van der Waals surface area contributed by atoms with Crippen molar-refractivity contribution in [3.63, 3.8) is 0 Å². The number of benzene rings is 1. The van der Waals surface area contributed by atoms with Gasteiger partial charge in [0.2, 0.25) is 0 Å². The van der Waals surface area contributed by atoms with Crippen LogP contribution in [0.1, 0.15) is 48.0 Å². The largest absolute Gasteiger partial charge is 0.412 e. The van der Waals surface area contributed by atoms with Crippen molar-refractivity contribution in [2.75, 3.05) is 0 Å². The Morgan fingerprint density at radius 1 is 0.750 bits per heavy atom. The van der Waals surface area contributed by atoms with Gasteiger partial charge in [-0.3, -0.25) is 0 Å². The molecule has 1 rings (SSSR count). The van der Waals surface area contributed by atoms with Crippen molar-refractivity contribution in [3.8, 4) is 0 Å². The van der Waals surface area contributed by atoms with Gasteiger partial charge in [0.25, 0.3) is 8.32 Å². The third-order valence-electron chi connectivity index (χ3n) is 7.34. The lowest BCUT2D eigenvalue weighted by atomic mass is 9.89. The summed E-state index contributed by atoms with van der Waals surface area (Å²) in [5, 5.41) is 1.14. The summed E-state index contributed by atoms with van der Waals surface area (Å²) in [6.07, 6.45) is 1.00. The van der Waals surface area contributed by atoms with Crippen molar-refractivity contribution in [3.05, 3.63) is 30.3 Å². The summed E-state index contributed by atoms with van der Waals surface area (Å²) in [4.78, 5) is 0. The molecule has 0 N–H and O–H groups in total. The monoisotopic (exact) mass is 438 g/mol. The third kappa shape index (κ3) is 5.09. The van der Waals surface area contributed by atoms with Crippen LogP contribution in [-0.4, -0.2) is 35.5 Å². The minimum atomic E-state index is -2.47. The van der Waals surface area contributed by atoms with Crippen molar-refractivity contribution in [1.82, 2.24) is 0 Å². The van der Waals surface area contributed by atoms with E-state index in [1.165, 1.54) is 5.19 Å². The van der Waals surface area contributed by atoms with Gasteiger partial charge in [0.15, 0.2) is 8.32 Å². The number of hydrogen-bond acceptors (Lipinski definition) is 2. The molecule has 0 aromatic heterocycles. The van der Waals surface area contributed by atoms with E-state index in [9.17, 15) is 0 Å². The van der Waals surface area contributed by atoms with E-state index in [2.05, 4.69) is 118 Å². The predicted molar refractivity (Wildman–Crippen MR) is 133 cm³/mol. The second kappa shape index (κ2) is 8.14. The standard InChI is InChI=1S/C23H46O2Si3/c1-14-23(6,21(2,3)26(7,8)9)25-28(13,20-18-16-15-17-19-20)22(4,5)24-27(10,11)12/h15-19H,14H2,1-13H3. The van der Waals surface area contributed by atoms with Gasteiger partial charge in [0.1, 0.15) is 0 Å². The normalized spacial score (nSPS) is 18.5. The highest BCUT2D eigenvalue weighted by Crippen LogP contribution is 2.52. The van der Waals surface area contributed by atoms with Crippen molar-refractivity contribution in [2.45, 2.75) is 110 Å². The van der Waals surface area contributed by atoms with Crippen LogP contribution in [0.4, 0.5) is 0 Å². The number of hydrogen-bond donors (Lipinski definition) is 0. The molecule has 0 heterocycles. The first-order chi connectivity index (χ1) is 12.3. The minimum Gasteiger partial charge on any atom is -0.412 e. The van der Waals surface area contributed by atoms with Crippen molar-refractivity contribution < 1.29 is 8.85 Å². The molecule has 0 radical (unpaired) electrons. The van der Waals surface area contributed by atoms with Crippen molar-refractivity contribution in [1.29, 1.82) is 0 Å². The van der Waals surface area contributed by atoms with Gasteiger partial charge in [-0.2, -0.15) is 0 Å². The third-order valence-corrected chi connectivity index (χ3v) is 17.6. The summed E-state index contributed by atoms with van der Waals surface area (Å²) in [6.45, 7) is 30.6. The average molecular weight is 439 g/mol. The van der Waals surface area contributed by atoms with Crippen molar-refractivity contribution in [2.24, 2.45) is 0 Å². The molecule has 28 heavy (non-hydrogen) atoms. The molecule has 0 amide bonds. The first-order valence-electron chi connectivity index (χ1n) is 10.8. The number of rotatable bonds is 9. The first kappa shape index (κ1) is 25.8. The van der Waals surface area contributed by atoms with Crippen LogP contribution in [0.25, 0.3) is 0 Å². The van der Waals surface area contributed by atoms with E-state index in [1.54, 1.807) is 0 Å². The zero-order chi connectivity index (χ0) is 22.2. The maximum absolute atomic E-state index is 7.43. The molecule has 0 saturated carbocycles. The van der Waals surface area contributed by atoms with Crippen LogP contribution in [-0.2, 0) is 8.85 Å². The Bertz CT molecular complexity index is 644. The van der Waals surface area contributed by atoms with Gasteiger partial charge in [0, 0.05) is 0 Å². The van der Waals surface area contributed by atoms with Gasteiger partial charge >= 0.3 is 0 Å². The summed E-state index contributed by atoms with van der Waals surface area (Å²) >= 11 is 0. The summed E-state index contributed by atoms with van der Waals surface area (Å²) < 4.78 is 14.3. The summed E-state index contributed by atoms with van der Waals surface area (Å²) in [7, 11) is -5.70. The maximum Gasteiger partial charge on any atom is 0.251 e. The molecule has 0 fully saturated rings. The molecule has 0 bridgehead atoms. The molecule has 2 atom stereocenters. The summed E-state index contributed by atoms with van der Waals surface area (Å²) in [5.74, 6) is 0. The fourth-order valence-corrected chi connectivity index (χ4v) is 12.4. The van der Waals surface area contributed by atoms with Gasteiger partial charge in [-0.05, 0) is 63.6 Å². The minimum absolute atomic E-state index is 0.132. The van der Waals surface area contributed by atoms with E-state index in [1.807, 2.05) is 0 Å².